The molecule has 1 aromatic rings. The van der Waals surface area contributed by atoms with Crippen molar-refractivity contribution in [2.75, 3.05) is 5.48 Å². The van der Waals surface area contributed by atoms with Crippen molar-refractivity contribution in [3.8, 4) is 5.75 Å². The topological polar surface area (TPSA) is 30.5 Å². The van der Waals surface area contributed by atoms with E-state index in [2.05, 4.69) is 10.5 Å². The first-order chi connectivity index (χ1) is 4.86. The first kappa shape index (κ1) is 5.56. The van der Waals surface area contributed by atoms with E-state index in [0.717, 1.165) is 11.4 Å². The number of hydrogen-bond acceptors (Lipinski definition) is 3. The van der Waals surface area contributed by atoms with Crippen LogP contribution in [0.25, 0.3) is 0 Å². The van der Waals surface area contributed by atoms with Crippen LogP contribution in [0, 0.1) is 6.92 Å². The van der Waals surface area contributed by atoms with E-state index >= 15 is 0 Å². The van der Waals surface area contributed by atoms with Gasteiger partial charge in [0.15, 0.2) is 5.75 Å². The molecule has 0 saturated heterocycles. The van der Waals surface area contributed by atoms with Gasteiger partial charge in [-0.1, -0.05) is 11.1 Å². The third kappa shape index (κ3) is 0.717. The molecule has 0 amide bonds. The summed E-state index contributed by atoms with van der Waals surface area (Å²) in [5, 5.41) is 0. The molecule has 10 heavy (non-hydrogen) atoms. The summed E-state index contributed by atoms with van der Waals surface area (Å²) in [7, 11) is 0. The average Bonchev–Trinajstić information content (AvgIpc) is 2.33. The smallest absolute Gasteiger partial charge is 0.193 e. The van der Waals surface area contributed by atoms with Gasteiger partial charge in [0.25, 0.3) is 0 Å². The number of nitrogens with one attached hydrogen (secondary N) is 1. The van der Waals surface area contributed by atoms with Crippen molar-refractivity contribution in [2.45, 2.75) is 6.92 Å². The van der Waals surface area contributed by atoms with Gasteiger partial charge >= 0.3 is 0 Å². The van der Waals surface area contributed by atoms with Gasteiger partial charge in [-0.2, -0.15) is 0 Å². The molecular weight excluding hydrogens is 130 g/mol. The molecule has 1 aliphatic heterocycles. The number of anilines is 1. The standard InChI is InChI=1S/C7H7NO2/c1-5-2-3-7-6(4-5)8-10-9-7/h2-4,8H,1H3. The zero-order chi connectivity index (χ0) is 6.97. The van der Waals surface area contributed by atoms with Crippen LogP contribution in [-0.2, 0) is 4.99 Å². The molecule has 0 aliphatic carbocycles. The molecule has 0 aromatic heterocycles. The molecule has 1 aromatic carbocycles. The van der Waals surface area contributed by atoms with Gasteiger partial charge in [-0.15, -0.1) is 0 Å². The van der Waals surface area contributed by atoms with Crippen molar-refractivity contribution in [1.29, 1.82) is 0 Å². The molecule has 0 atom stereocenters. The molecule has 0 radical (unpaired) electrons. The van der Waals surface area contributed by atoms with Crippen LogP contribution < -0.4 is 10.4 Å². The largest absolute Gasteiger partial charge is 0.312 e. The Morgan fingerprint density at radius 3 is 3.20 bits per heavy atom. The molecule has 0 bridgehead atoms. The molecule has 2 rings (SSSR count). The summed E-state index contributed by atoms with van der Waals surface area (Å²) in [6.07, 6.45) is 0. The third-order valence-electron chi connectivity index (χ3n) is 1.42. The molecule has 52 valence electrons. The second-order valence-corrected chi connectivity index (χ2v) is 2.27. The van der Waals surface area contributed by atoms with E-state index in [-0.39, 0.29) is 0 Å². The quantitative estimate of drug-likeness (QED) is 0.551. The van der Waals surface area contributed by atoms with Crippen molar-refractivity contribution in [3.63, 3.8) is 0 Å². The summed E-state index contributed by atoms with van der Waals surface area (Å²) < 4.78 is 0. The van der Waals surface area contributed by atoms with Gasteiger partial charge < -0.3 is 4.89 Å². The monoisotopic (exact) mass is 137 g/mol. The van der Waals surface area contributed by atoms with Gasteiger partial charge in [-0.05, 0) is 24.6 Å². The van der Waals surface area contributed by atoms with Gasteiger partial charge in [0, 0.05) is 0 Å². The van der Waals surface area contributed by atoms with Crippen LogP contribution in [0.1, 0.15) is 5.56 Å². The summed E-state index contributed by atoms with van der Waals surface area (Å²) in [6.45, 7) is 2.01. The van der Waals surface area contributed by atoms with Crippen LogP contribution in [0.2, 0.25) is 0 Å². The van der Waals surface area contributed by atoms with Crippen molar-refractivity contribution in [3.05, 3.63) is 23.8 Å². The number of rotatable bonds is 0. The fraction of sp³-hybridized carbons (Fsp3) is 0.143. The number of benzene rings is 1. The molecule has 0 fully saturated rings. The minimum Gasteiger partial charge on any atom is -0.312 e. The van der Waals surface area contributed by atoms with Crippen LogP contribution in [0.4, 0.5) is 5.69 Å². The van der Waals surface area contributed by atoms with E-state index in [1.807, 2.05) is 25.1 Å². The Labute approximate surface area is 58.5 Å². The van der Waals surface area contributed by atoms with Crippen LogP contribution in [0.15, 0.2) is 18.2 Å². The van der Waals surface area contributed by atoms with E-state index in [1.54, 1.807) is 0 Å². The summed E-state index contributed by atoms with van der Waals surface area (Å²) in [5.41, 5.74) is 4.69. The zero-order valence-electron chi connectivity index (χ0n) is 5.55. The first-order valence-corrected chi connectivity index (χ1v) is 3.06. The van der Waals surface area contributed by atoms with Crippen molar-refractivity contribution < 1.29 is 9.88 Å². The Kier molecular flexibility index (Phi) is 1.05. The van der Waals surface area contributed by atoms with Crippen LogP contribution >= 0.6 is 0 Å². The Bertz CT molecular complexity index is 260. The van der Waals surface area contributed by atoms with Gasteiger partial charge in [-0.25, -0.2) is 5.48 Å². The molecular formula is C7H7NO2. The van der Waals surface area contributed by atoms with Crippen molar-refractivity contribution >= 4 is 5.69 Å². The van der Waals surface area contributed by atoms with Crippen LogP contribution in [0.3, 0.4) is 0 Å². The highest BCUT2D eigenvalue weighted by Crippen LogP contribution is 2.29. The number of fused-ring (bicyclic) bond motifs is 1. The van der Waals surface area contributed by atoms with Crippen molar-refractivity contribution in [2.24, 2.45) is 0 Å². The minimum absolute atomic E-state index is 0.741. The summed E-state index contributed by atoms with van der Waals surface area (Å²) >= 11 is 0. The lowest BCUT2D eigenvalue weighted by Gasteiger charge is -1.92. The van der Waals surface area contributed by atoms with E-state index < -0.39 is 0 Å². The highest BCUT2D eigenvalue weighted by atomic mass is 17.3. The average molecular weight is 137 g/mol. The molecule has 1 N–H and O–H groups in total. The van der Waals surface area contributed by atoms with Crippen LogP contribution in [0.5, 0.6) is 5.75 Å². The van der Waals surface area contributed by atoms with E-state index in [1.165, 1.54) is 5.56 Å². The highest BCUT2D eigenvalue weighted by molar-refractivity contribution is 5.57. The number of aryl methyl sites for hydroxylation is 1. The highest BCUT2D eigenvalue weighted by Gasteiger charge is 2.11. The van der Waals surface area contributed by atoms with Gasteiger partial charge in [0.2, 0.25) is 0 Å². The normalized spacial score (nSPS) is 13.7. The molecule has 3 heteroatoms. The Hall–Kier alpha value is -1.22. The van der Waals surface area contributed by atoms with E-state index in [0.29, 0.717) is 0 Å². The molecule has 0 unspecified atom stereocenters. The molecule has 3 nitrogen and oxygen atoms in total. The predicted octanol–water partition coefficient (Wildman–Crippen LogP) is 1.65. The lowest BCUT2D eigenvalue weighted by molar-refractivity contribution is -0.160. The lowest BCUT2D eigenvalue weighted by Crippen LogP contribution is -1.91. The van der Waals surface area contributed by atoms with Gasteiger partial charge in [0.1, 0.15) is 5.69 Å². The second-order valence-electron chi connectivity index (χ2n) is 2.27. The molecule has 0 spiro atoms. The number of hydrogen-bond donors (Lipinski definition) is 1. The minimum atomic E-state index is 0.741. The lowest BCUT2D eigenvalue weighted by atomic mass is 10.2. The Balaban J connectivity index is 2.52. The first-order valence-electron chi connectivity index (χ1n) is 3.06. The van der Waals surface area contributed by atoms with Crippen molar-refractivity contribution in [1.82, 2.24) is 0 Å². The molecule has 1 aliphatic rings. The fourth-order valence-corrected chi connectivity index (χ4v) is 0.907. The Morgan fingerprint density at radius 2 is 2.30 bits per heavy atom. The predicted molar refractivity (Wildman–Crippen MR) is 36.5 cm³/mol. The van der Waals surface area contributed by atoms with Gasteiger partial charge in [0.05, 0.1) is 0 Å². The van der Waals surface area contributed by atoms with Crippen LogP contribution in [-0.4, -0.2) is 0 Å². The van der Waals surface area contributed by atoms with Gasteiger partial charge in [-0.3, -0.25) is 0 Å². The second kappa shape index (κ2) is 1.88. The fourth-order valence-electron chi connectivity index (χ4n) is 0.907. The SMILES string of the molecule is Cc1ccc2c(c1)NOO2. The molecule has 0 saturated carbocycles. The summed E-state index contributed by atoms with van der Waals surface area (Å²) in [6, 6.07) is 5.79. The third-order valence-corrected chi connectivity index (χ3v) is 1.42. The zero-order valence-corrected chi connectivity index (χ0v) is 5.55. The summed E-state index contributed by atoms with van der Waals surface area (Å²) in [4.78, 5) is 9.26. The summed E-state index contributed by atoms with van der Waals surface area (Å²) in [5.74, 6) is 0.741. The van der Waals surface area contributed by atoms with E-state index in [4.69, 9.17) is 4.89 Å². The maximum Gasteiger partial charge on any atom is 0.193 e. The van der Waals surface area contributed by atoms with E-state index in [9.17, 15) is 0 Å². The maximum absolute atomic E-state index is 4.74. The maximum atomic E-state index is 4.74. The Morgan fingerprint density at radius 1 is 1.40 bits per heavy atom. The molecule has 1 heterocycles.